The van der Waals surface area contributed by atoms with E-state index in [2.05, 4.69) is 85.0 Å². The van der Waals surface area contributed by atoms with Crippen molar-refractivity contribution >= 4 is 27.5 Å². The van der Waals surface area contributed by atoms with Gasteiger partial charge in [0.15, 0.2) is 17.5 Å². The highest BCUT2D eigenvalue weighted by Gasteiger charge is 2.20. The minimum Gasteiger partial charge on any atom is -0.455 e. The molecule has 4 nitrogen and oxygen atoms in total. The summed E-state index contributed by atoms with van der Waals surface area (Å²) in [5, 5.41) is 2.03. The Hall–Kier alpha value is -5.61. The van der Waals surface area contributed by atoms with E-state index in [0.717, 1.165) is 68.2 Å². The van der Waals surface area contributed by atoms with Gasteiger partial charge in [-0.3, -0.25) is 0 Å². The first-order valence-corrected chi connectivity index (χ1v) is 14.6. The number of para-hydroxylation sites is 1. The molecular formula is C39H27N3O. The maximum atomic E-state index is 6.53. The number of hydrogen-bond donors (Lipinski definition) is 0. The molecule has 5 aromatic carbocycles. The molecule has 43 heavy (non-hydrogen) atoms. The van der Waals surface area contributed by atoms with Crippen LogP contribution < -0.4 is 0 Å². The smallest absolute Gasteiger partial charge is 0.164 e. The lowest BCUT2D eigenvalue weighted by Gasteiger charge is -2.12. The van der Waals surface area contributed by atoms with Crippen LogP contribution in [-0.4, -0.2) is 15.0 Å². The summed E-state index contributed by atoms with van der Waals surface area (Å²) in [6.07, 6.45) is 8.86. The molecule has 0 N–H and O–H groups in total. The molecule has 0 saturated heterocycles. The second-order valence-corrected chi connectivity index (χ2v) is 10.7. The molecule has 4 heteroatoms. The summed E-state index contributed by atoms with van der Waals surface area (Å²) < 4.78 is 6.53. The van der Waals surface area contributed by atoms with Gasteiger partial charge in [-0.2, -0.15) is 0 Å². The zero-order chi connectivity index (χ0) is 28.6. The first kappa shape index (κ1) is 25.1. The minimum absolute atomic E-state index is 0.613. The highest BCUT2D eigenvalue weighted by atomic mass is 16.3. The molecule has 0 atom stereocenters. The Kier molecular flexibility index (Phi) is 6.23. The summed E-state index contributed by atoms with van der Waals surface area (Å²) in [5.41, 5.74) is 8.99. The molecule has 0 radical (unpaired) electrons. The van der Waals surface area contributed by atoms with Gasteiger partial charge in [-0.05, 0) is 53.8 Å². The number of rotatable bonds is 5. The standard InChI is InChI=1S/C39H27N3O/c1-4-13-26(14-5-1)29-19-12-20-30(25-29)38-40-37(28-17-8-3-9-18-28)41-39(42-38)33-24-23-31(27-15-6-2-7-16-27)36-35(33)32-21-10-11-22-34(32)43-36/h2-4,6-25H,1,5H2. The van der Waals surface area contributed by atoms with E-state index in [4.69, 9.17) is 19.4 Å². The molecule has 1 aliphatic carbocycles. The lowest BCUT2D eigenvalue weighted by molar-refractivity contribution is 0.670. The van der Waals surface area contributed by atoms with Gasteiger partial charge in [-0.15, -0.1) is 0 Å². The Morgan fingerprint density at radius 1 is 0.512 bits per heavy atom. The molecule has 0 spiro atoms. The average Bonchev–Trinajstić information content (AvgIpc) is 3.49. The first-order valence-electron chi connectivity index (χ1n) is 14.6. The minimum atomic E-state index is 0.613. The lowest BCUT2D eigenvalue weighted by Crippen LogP contribution is -2.01. The molecule has 0 fully saturated rings. The fraction of sp³-hybridized carbons (Fsp3) is 0.0513. The van der Waals surface area contributed by atoms with Crippen LogP contribution in [0.25, 0.3) is 72.8 Å². The molecule has 204 valence electrons. The van der Waals surface area contributed by atoms with Gasteiger partial charge < -0.3 is 4.42 Å². The van der Waals surface area contributed by atoms with Gasteiger partial charge >= 0.3 is 0 Å². The predicted molar refractivity (Wildman–Crippen MR) is 175 cm³/mol. The summed E-state index contributed by atoms with van der Waals surface area (Å²) in [6.45, 7) is 0. The fourth-order valence-corrected chi connectivity index (χ4v) is 5.87. The van der Waals surface area contributed by atoms with Crippen molar-refractivity contribution in [2.24, 2.45) is 0 Å². The Labute approximate surface area is 249 Å². The van der Waals surface area contributed by atoms with Crippen LogP contribution in [0.5, 0.6) is 0 Å². The summed E-state index contributed by atoms with van der Waals surface area (Å²) in [7, 11) is 0. The second-order valence-electron chi connectivity index (χ2n) is 10.7. The van der Waals surface area contributed by atoms with Gasteiger partial charge in [0, 0.05) is 33.0 Å². The van der Waals surface area contributed by atoms with Gasteiger partial charge in [-0.25, -0.2) is 15.0 Å². The largest absolute Gasteiger partial charge is 0.455 e. The van der Waals surface area contributed by atoms with Crippen molar-refractivity contribution in [3.8, 4) is 45.3 Å². The fourth-order valence-electron chi connectivity index (χ4n) is 5.87. The highest BCUT2D eigenvalue weighted by molar-refractivity contribution is 6.15. The normalized spacial score (nSPS) is 13.0. The third-order valence-corrected chi connectivity index (χ3v) is 7.97. The summed E-state index contributed by atoms with van der Waals surface area (Å²) >= 11 is 0. The van der Waals surface area contributed by atoms with Crippen LogP contribution in [0.3, 0.4) is 0 Å². The monoisotopic (exact) mass is 553 g/mol. The number of hydrogen-bond acceptors (Lipinski definition) is 4. The van der Waals surface area contributed by atoms with Gasteiger partial charge in [0.1, 0.15) is 11.2 Å². The summed E-state index contributed by atoms with van der Waals surface area (Å²) in [6, 6.07) is 41.3. The maximum absolute atomic E-state index is 6.53. The molecule has 8 rings (SSSR count). The van der Waals surface area contributed by atoms with Gasteiger partial charge in [0.25, 0.3) is 0 Å². The Morgan fingerprint density at radius 3 is 1.95 bits per heavy atom. The van der Waals surface area contributed by atoms with Crippen molar-refractivity contribution in [3.05, 3.63) is 145 Å². The van der Waals surface area contributed by atoms with E-state index >= 15 is 0 Å². The van der Waals surface area contributed by atoms with Crippen LogP contribution in [0.1, 0.15) is 18.4 Å². The zero-order valence-electron chi connectivity index (χ0n) is 23.4. The van der Waals surface area contributed by atoms with Crippen LogP contribution in [0.2, 0.25) is 0 Å². The molecule has 2 heterocycles. The van der Waals surface area contributed by atoms with E-state index in [0.29, 0.717) is 17.5 Å². The van der Waals surface area contributed by atoms with E-state index in [1.54, 1.807) is 0 Å². The number of aromatic nitrogens is 3. The van der Waals surface area contributed by atoms with Crippen molar-refractivity contribution in [2.45, 2.75) is 12.8 Å². The third kappa shape index (κ3) is 4.63. The number of furan rings is 1. The molecule has 0 aliphatic heterocycles. The Bertz CT molecular complexity index is 2180. The third-order valence-electron chi connectivity index (χ3n) is 7.97. The number of nitrogens with zero attached hydrogens (tertiary/aromatic N) is 3. The lowest BCUT2D eigenvalue weighted by atomic mass is 9.97. The topological polar surface area (TPSA) is 51.8 Å². The van der Waals surface area contributed by atoms with Gasteiger partial charge in [0.05, 0.1) is 0 Å². The van der Waals surface area contributed by atoms with Crippen LogP contribution in [-0.2, 0) is 0 Å². The molecule has 0 amide bonds. The van der Waals surface area contributed by atoms with Gasteiger partial charge in [0.2, 0.25) is 0 Å². The molecular weight excluding hydrogens is 526 g/mol. The van der Waals surface area contributed by atoms with Gasteiger partial charge in [-0.1, -0.05) is 115 Å². The van der Waals surface area contributed by atoms with Crippen LogP contribution in [0.4, 0.5) is 0 Å². The van der Waals surface area contributed by atoms with Crippen molar-refractivity contribution in [3.63, 3.8) is 0 Å². The molecule has 1 aliphatic rings. The molecule has 0 saturated carbocycles. The van der Waals surface area contributed by atoms with E-state index < -0.39 is 0 Å². The number of allylic oxidation sites excluding steroid dienone is 4. The van der Waals surface area contributed by atoms with Crippen LogP contribution in [0, 0.1) is 0 Å². The number of fused-ring (bicyclic) bond motifs is 3. The Balaban J connectivity index is 1.37. The van der Waals surface area contributed by atoms with E-state index in [9.17, 15) is 0 Å². The highest BCUT2D eigenvalue weighted by Crippen LogP contribution is 2.41. The average molecular weight is 554 g/mol. The summed E-state index contributed by atoms with van der Waals surface area (Å²) in [4.78, 5) is 15.2. The number of benzene rings is 5. The van der Waals surface area contributed by atoms with Crippen LogP contribution >= 0.6 is 0 Å². The predicted octanol–water partition coefficient (Wildman–Crippen LogP) is 10.2. The first-order chi connectivity index (χ1) is 21.3. The van der Waals surface area contributed by atoms with E-state index in [-0.39, 0.29) is 0 Å². The molecule has 0 unspecified atom stereocenters. The SMILES string of the molecule is C1=CC(c2cccc(-c3nc(-c4ccccc4)nc(-c4ccc(-c5ccccc5)c5oc6ccccc6c45)n3)c2)=CCC1. The van der Waals surface area contributed by atoms with Crippen molar-refractivity contribution in [2.75, 3.05) is 0 Å². The molecule has 2 aromatic heterocycles. The van der Waals surface area contributed by atoms with Crippen LogP contribution in [0.15, 0.2) is 144 Å². The second kappa shape index (κ2) is 10.7. The van der Waals surface area contributed by atoms with Crippen molar-refractivity contribution in [1.82, 2.24) is 15.0 Å². The zero-order valence-corrected chi connectivity index (χ0v) is 23.4. The molecule has 7 aromatic rings. The molecule has 0 bridgehead atoms. The van der Waals surface area contributed by atoms with E-state index in [1.165, 1.54) is 5.57 Å². The van der Waals surface area contributed by atoms with Crippen molar-refractivity contribution in [1.29, 1.82) is 0 Å². The Morgan fingerprint density at radius 2 is 1.16 bits per heavy atom. The quantitative estimate of drug-likeness (QED) is 0.213. The van der Waals surface area contributed by atoms with Crippen molar-refractivity contribution < 1.29 is 4.42 Å². The summed E-state index contributed by atoms with van der Waals surface area (Å²) in [5.74, 6) is 1.89. The van der Waals surface area contributed by atoms with E-state index in [1.807, 2.05) is 54.6 Å². The maximum Gasteiger partial charge on any atom is 0.164 e.